The van der Waals surface area contributed by atoms with Gasteiger partial charge in [0.1, 0.15) is 11.5 Å². The van der Waals surface area contributed by atoms with Crippen molar-refractivity contribution in [1.82, 2.24) is 0 Å². The predicted octanol–water partition coefficient (Wildman–Crippen LogP) is -1.02. The highest BCUT2D eigenvalue weighted by atomic mass is 35.7. The van der Waals surface area contributed by atoms with Crippen molar-refractivity contribution >= 4 is 13.5 Å². The monoisotopic (exact) mass is 470 g/mol. The zero-order valence-corrected chi connectivity index (χ0v) is 18.2. The van der Waals surface area contributed by atoms with Crippen LogP contribution in [0.3, 0.4) is 0 Å². The number of para-hydroxylation sites is 2. The lowest BCUT2D eigenvalue weighted by molar-refractivity contribution is -2.00. The van der Waals surface area contributed by atoms with Crippen LogP contribution in [0.25, 0.3) is 0 Å². The summed E-state index contributed by atoms with van der Waals surface area (Å²) in [4.78, 5) is 1.95. The van der Waals surface area contributed by atoms with E-state index in [4.69, 9.17) is 32.3 Å². The molecule has 0 fully saturated rings. The third-order valence-electron chi connectivity index (χ3n) is 3.42. The fraction of sp³-hybridized carbons (Fsp3) is 0.105. The summed E-state index contributed by atoms with van der Waals surface area (Å²) in [7, 11) is -5.05. The Labute approximate surface area is 181 Å². The van der Waals surface area contributed by atoms with Crippen LogP contribution in [-0.2, 0) is 4.57 Å². The van der Waals surface area contributed by atoms with Crippen molar-refractivity contribution in [2.24, 2.45) is 0 Å². The van der Waals surface area contributed by atoms with Gasteiger partial charge in [-0.25, -0.2) is 18.6 Å². The van der Waals surface area contributed by atoms with Crippen molar-refractivity contribution in [1.29, 1.82) is 0 Å². The standard InChI is InChI=1S/C19H20N2O4P.ClHO4/c1-20(2)17-13-15-21(16-14-17)25-26(22,23-18-9-5-3-6-10-18)24-19-11-7-4-8-12-19;2-1(3,4)5/h3-16H,1-2H3;(H,2,3,4,5)/q+1;/p-1. The predicted molar refractivity (Wildman–Crippen MR) is 99.3 cm³/mol. The minimum absolute atomic E-state index is 0.386. The minimum atomic E-state index is -4.94. The average Bonchev–Trinajstić information content (AvgIpc) is 2.68. The average molecular weight is 471 g/mol. The number of benzene rings is 2. The molecule has 0 atom stereocenters. The van der Waals surface area contributed by atoms with Crippen LogP contribution in [0.5, 0.6) is 11.5 Å². The van der Waals surface area contributed by atoms with Crippen LogP contribution < -0.4 is 41.9 Å². The smallest absolute Gasteiger partial charge is 0.383 e. The molecule has 0 amide bonds. The summed E-state index contributed by atoms with van der Waals surface area (Å²) in [6.07, 6.45) is 3.29. The summed E-state index contributed by atoms with van der Waals surface area (Å²) in [5.74, 6) is 0.773. The summed E-state index contributed by atoms with van der Waals surface area (Å²) in [6, 6.07) is 21.2. The Bertz CT molecular complexity index is 918. The number of aromatic nitrogens is 1. The quantitative estimate of drug-likeness (QED) is 0.313. The first-order valence-corrected chi connectivity index (χ1v) is 11.3. The van der Waals surface area contributed by atoms with E-state index < -0.39 is 18.1 Å². The van der Waals surface area contributed by atoms with Gasteiger partial charge in [-0.2, -0.15) is 4.57 Å². The Morgan fingerprint density at radius 3 is 1.52 bits per heavy atom. The van der Waals surface area contributed by atoms with E-state index in [2.05, 4.69) is 0 Å². The topological polar surface area (TPSA) is 144 Å². The lowest BCUT2D eigenvalue weighted by atomic mass is 10.3. The molecule has 1 aromatic heterocycles. The SMILES string of the molecule is CN(C)c1cc[n+](OP(=O)(Oc2ccccc2)Oc2ccccc2)cc1.[O-][Cl+3]([O-])([O-])[O-]. The molecule has 0 unspecified atom stereocenters. The highest BCUT2D eigenvalue weighted by Crippen LogP contribution is 2.45. The molecule has 31 heavy (non-hydrogen) atoms. The van der Waals surface area contributed by atoms with Gasteiger partial charge in [0.2, 0.25) is 12.4 Å². The van der Waals surface area contributed by atoms with Gasteiger partial charge in [0.25, 0.3) is 0 Å². The number of hydrogen-bond acceptors (Lipinski definition) is 9. The van der Waals surface area contributed by atoms with Crippen LogP contribution in [0, 0.1) is 10.2 Å². The second-order valence-electron chi connectivity index (χ2n) is 6.03. The summed E-state index contributed by atoms with van der Waals surface area (Å²) in [5.41, 5.74) is 0.979. The first kappa shape index (κ1) is 24.4. The van der Waals surface area contributed by atoms with E-state index in [0.717, 1.165) is 5.69 Å². The molecule has 0 radical (unpaired) electrons. The summed E-state index contributed by atoms with van der Waals surface area (Å²) in [6.45, 7) is 0. The maximum absolute atomic E-state index is 13.2. The van der Waals surface area contributed by atoms with Crippen molar-refractivity contribution < 1.29 is 51.8 Å². The van der Waals surface area contributed by atoms with Crippen LogP contribution in [0.2, 0.25) is 0 Å². The maximum Gasteiger partial charge on any atom is 0.700 e. The van der Waals surface area contributed by atoms with Gasteiger partial charge in [0, 0.05) is 36.6 Å². The molecular formula is C19H20ClN2O8P. The van der Waals surface area contributed by atoms with Crippen LogP contribution in [0.1, 0.15) is 0 Å². The van der Waals surface area contributed by atoms with Gasteiger partial charge in [-0.3, -0.25) is 0 Å². The van der Waals surface area contributed by atoms with Crippen LogP contribution in [0.15, 0.2) is 85.2 Å². The zero-order valence-electron chi connectivity index (χ0n) is 16.6. The molecule has 0 saturated carbocycles. The Kier molecular flexibility index (Phi) is 8.64. The van der Waals surface area contributed by atoms with Crippen molar-refractivity contribution in [3.63, 3.8) is 0 Å². The fourth-order valence-corrected chi connectivity index (χ4v) is 3.35. The van der Waals surface area contributed by atoms with Crippen LogP contribution in [0.4, 0.5) is 5.69 Å². The molecular weight excluding hydrogens is 451 g/mol. The first-order valence-electron chi connectivity index (χ1n) is 8.64. The molecule has 0 aliphatic heterocycles. The molecule has 0 aliphatic rings. The Hall–Kier alpha value is -2.85. The molecule has 166 valence electrons. The molecule has 3 rings (SSSR count). The molecule has 0 N–H and O–H groups in total. The molecule has 1 heterocycles. The molecule has 0 saturated heterocycles. The van der Waals surface area contributed by atoms with E-state index in [0.29, 0.717) is 11.5 Å². The summed E-state index contributed by atoms with van der Waals surface area (Å²) < 4.78 is 65.2. The number of halogens is 1. The van der Waals surface area contributed by atoms with Crippen LogP contribution in [-0.4, -0.2) is 14.1 Å². The third kappa shape index (κ3) is 9.67. The number of anilines is 1. The molecule has 10 nitrogen and oxygen atoms in total. The first-order chi connectivity index (χ1) is 14.5. The largest absolute Gasteiger partial charge is 0.700 e. The molecule has 0 aliphatic carbocycles. The highest BCUT2D eigenvalue weighted by Gasteiger charge is 2.38. The lowest BCUT2D eigenvalue weighted by Crippen LogP contribution is -2.68. The molecule has 2 aromatic carbocycles. The van der Waals surface area contributed by atoms with E-state index in [1.807, 2.05) is 43.3 Å². The van der Waals surface area contributed by atoms with Crippen molar-refractivity contribution in [3.05, 3.63) is 85.2 Å². The van der Waals surface area contributed by atoms with Crippen molar-refractivity contribution in [2.75, 3.05) is 19.0 Å². The molecule has 0 bridgehead atoms. The second kappa shape index (κ2) is 11.0. The number of phosphoric ester groups is 1. The van der Waals surface area contributed by atoms with Gasteiger partial charge in [0.15, 0.2) is 0 Å². The van der Waals surface area contributed by atoms with E-state index in [1.54, 1.807) is 60.9 Å². The Morgan fingerprint density at radius 1 is 0.774 bits per heavy atom. The van der Waals surface area contributed by atoms with Crippen molar-refractivity contribution in [2.45, 2.75) is 0 Å². The van der Waals surface area contributed by atoms with Crippen molar-refractivity contribution in [3.8, 4) is 11.5 Å². The van der Waals surface area contributed by atoms with Gasteiger partial charge in [0.05, 0.1) is 0 Å². The van der Waals surface area contributed by atoms with Gasteiger partial charge in [-0.1, -0.05) is 36.4 Å². The number of nitrogens with zero attached hydrogens (tertiary/aromatic N) is 2. The maximum atomic E-state index is 13.2. The Balaban J connectivity index is 0.000000614. The number of hydrogen-bond donors (Lipinski definition) is 0. The normalized spacial score (nSPS) is 11.0. The number of phosphoric acid groups is 1. The highest BCUT2D eigenvalue weighted by molar-refractivity contribution is 7.49. The number of pyridine rings is 1. The van der Waals surface area contributed by atoms with Gasteiger partial charge in [-0.15, -0.1) is 14.9 Å². The number of rotatable bonds is 7. The summed E-state index contributed by atoms with van der Waals surface area (Å²) in [5, 5.41) is 0. The second-order valence-corrected chi connectivity index (χ2v) is 8.20. The van der Waals surface area contributed by atoms with E-state index in [-0.39, 0.29) is 0 Å². The van der Waals surface area contributed by atoms with Gasteiger partial charge < -0.3 is 13.9 Å². The molecule has 12 heteroatoms. The lowest BCUT2D eigenvalue weighted by Gasteiger charge is -2.17. The van der Waals surface area contributed by atoms with E-state index >= 15 is 0 Å². The van der Waals surface area contributed by atoms with E-state index in [1.165, 1.54) is 4.73 Å². The molecule has 0 spiro atoms. The Morgan fingerprint density at radius 2 is 1.16 bits per heavy atom. The van der Waals surface area contributed by atoms with Gasteiger partial charge in [-0.05, 0) is 24.3 Å². The van der Waals surface area contributed by atoms with Crippen LogP contribution >= 0.6 is 7.82 Å². The van der Waals surface area contributed by atoms with E-state index in [9.17, 15) is 4.57 Å². The van der Waals surface area contributed by atoms with Gasteiger partial charge >= 0.3 is 7.82 Å². The summed E-state index contributed by atoms with van der Waals surface area (Å²) >= 11 is 0. The molecule has 3 aromatic rings. The fourth-order valence-electron chi connectivity index (χ4n) is 2.15. The minimum Gasteiger partial charge on any atom is -0.383 e. The zero-order chi connectivity index (χ0) is 22.9. The third-order valence-corrected chi connectivity index (χ3v) is 4.67.